The van der Waals surface area contributed by atoms with Crippen LogP contribution in [0.25, 0.3) is 0 Å². The molecule has 0 heterocycles. The number of nitrogens with zero attached hydrogens (tertiary/aromatic N) is 1. The Morgan fingerprint density at radius 1 is 1.50 bits per heavy atom. The van der Waals surface area contributed by atoms with Gasteiger partial charge in [0.15, 0.2) is 0 Å². The summed E-state index contributed by atoms with van der Waals surface area (Å²) >= 11 is 5.98. The zero-order valence-corrected chi connectivity index (χ0v) is 9.09. The van der Waals surface area contributed by atoms with E-state index in [0.717, 1.165) is 5.02 Å². The van der Waals surface area contributed by atoms with Crippen LogP contribution in [0.1, 0.15) is 18.4 Å². The van der Waals surface area contributed by atoms with E-state index in [2.05, 4.69) is 11.9 Å². The van der Waals surface area contributed by atoms with Crippen molar-refractivity contribution < 1.29 is 0 Å². The Morgan fingerprint density at radius 3 is 2.79 bits per heavy atom. The van der Waals surface area contributed by atoms with E-state index in [0.29, 0.717) is 12.6 Å². The van der Waals surface area contributed by atoms with Crippen LogP contribution < -0.4 is 10.6 Å². The highest BCUT2D eigenvalue weighted by atomic mass is 35.5. The number of halogens is 1. The molecule has 3 heteroatoms. The molecule has 0 bridgehead atoms. The van der Waals surface area contributed by atoms with Crippen LogP contribution >= 0.6 is 11.6 Å². The van der Waals surface area contributed by atoms with Crippen LogP contribution in [0.2, 0.25) is 5.02 Å². The summed E-state index contributed by atoms with van der Waals surface area (Å²) in [6.07, 6.45) is 2.57. The number of benzene rings is 1. The van der Waals surface area contributed by atoms with Crippen LogP contribution in [0.15, 0.2) is 18.2 Å². The summed E-state index contributed by atoms with van der Waals surface area (Å²) in [5, 5.41) is 0.782. The predicted molar refractivity (Wildman–Crippen MR) is 60.8 cm³/mol. The first kappa shape index (κ1) is 9.81. The van der Waals surface area contributed by atoms with E-state index in [4.69, 9.17) is 17.3 Å². The van der Waals surface area contributed by atoms with Gasteiger partial charge in [0, 0.05) is 30.3 Å². The molecule has 2 N–H and O–H groups in total. The Bertz CT molecular complexity index is 334. The van der Waals surface area contributed by atoms with E-state index in [1.807, 2.05) is 18.2 Å². The van der Waals surface area contributed by atoms with Crippen molar-refractivity contribution in [2.75, 3.05) is 11.9 Å². The van der Waals surface area contributed by atoms with Crippen molar-refractivity contribution in [2.24, 2.45) is 5.73 Å². The van der Waals surface area contributed by atoms with Crippen LogP contribution in [0, 0.1) is 0 Å². The quantitative estimate of drug-likeness (QED) is 0.830. The average Bonchev–Trinajstić information content (AvgIpc) is 3.00. The molecule has 0 atom stereocenters. The highest BCUT2D eigenvalue weighted by molar-refractivity contribution is 6.30. The van der Waals surface area contributed by atoms with Crippen LogP contribution in [0.4, 0.5) is 5.69 Å². The van der Waals surface area contributed by atoms with Gasteiger partial charge in [0.2, 0.25) is 0 Å². The molecule has 2 nitrogen and oxygen atoms in total. The van der Waals surface area contributed by atoms with Crippen LogP contribution in [0.5, 0.6) is 0 Å². The second-order valence-electron chi connectivity index (χ2n) is 3.82. The zero-order valence-electron chi connectivity index (χ0n) is 8.33. The van der Waals surface area contributed by atoms with Crippen LogP contribution in [0.3, 0.4) is 0 Å². The summed E-state index contributed by atoms with van der Waals surface area (Å²) in [6, 6.07) is 6.60. The average molecular weight is 211 g/mol. The van der Waals surface area contributed by atoms with Crippen molar-refractivity contribution in [3.05, 3.63) is 28.8 Å². The van der Waals surface area contributed by atoms with Gasteiger partial charge in [0.1, 0.15) is 0 Å². The first-order valence-corrected chi connectivity index (χ1v) is 5.31. The Balaban J connectivity index is 2.32. The van der Waals surface area contributed by atoms with Crippen molar-refractivity contribution in [3.63, 3.8) is 0 Å². The fourth-order valence-electron chi connectivity index (χ4n) is 1.70. The molecule has 0 aliphatic heterocycles. The zero-order chi connectivity index (χ0) is 10.1. The van der Waals surface area contributed by atoms with Crippen molar-refractivity contribution in [3.8, 4) is 0 Å². The minimum Gasteiger partial charge on any atom is -0.371 e. The molecule has 14 heavy (non-hydrogen) atoms. The standard InChI is InChI=1S/C11H15ClN2/c1-14(10-4-5-10)11-6-9(12)3-2-8(11)7-13/h2-3,6,10H,4-5,7,13H2,1H3. The number of rotatable bonds is 3. The molecule has 0 spiro atoms. The molecule has 76 valence electrons. The lowest BCUT2D eigenvalue weighted by atomic mass is 10.1. The van der Waals surface area contributed by atoms with E-state index in [9.17, 15) is 0 Å². The minimum absolute atomic E-state index is 0.573. The van der Waals surface area contributed by atoms with E-state index in [1.165, 1.54) is 24.1 Å². The summed E-state index contributed by atoms with van der Waals surface area (Å²) in [5.74, 6) is 0. The minimum atomic E-state index is 0.573. The second kappa shape index (κ2) is 3.79. The molecule has 0 aromatic heterocycles. The number of hydrogen-bond donors (Lipinski definition) is 1. The van der Waals surface area contributed by atoms with Gasteiger partial charge in [-0.25, -0.2) is 0 Å². The van der Waals surface area contributed by atoms with Crippen molar-refractivity contribution in [2.45, 2.75) is 25.4 Å². The maximum atomic E-state index is 5.98. The third kappa shape index (κ3) is 1.86. The van der Waals surface area contributed by atoms with Crippen molar-refractivity contribution >= 4 is 17.3 Å². The van der Waals surface area contributed by atoms with Crippen molar-refractivity contribution in [1.82, 2.24) is 0 Å². The molecule has 0 radical (unpaired) electrons. The number of hydrogen-bond acceptors (Lipinski definition) is 2. The lowest BCUT2D eigenvalue weighted by Crippen LogP contribution is -2.21. The maximum Gasteiger partial charge on any atom is 0.0426 e. The smallest absolute Gasteiger partial charge is 0.0426 e. The highest BCUT2D eigenvalue weighted by Crippen LogP contribution is 2.33. The van der Waals surface area contributed by atoms with E-state index in [-0.39, 0.29) is 0 Å². The topological polar surface area (TPSA) is 29.3 Å². The van der Waals surface area contributed by atoms with E-state index in [1.54, 1.807) is 0 Å². The highest BCUT2D eigenvalue weighted by Gasteiger charge is 2.27. The van der Waals surface area contributed by atoms with Gasteiger partial charge < -0.3 is 10.6 Å². The van der Waals surface area contributed by atoms with E-state index >= 15 is 0 Å². The molecule has 1 aromatic rings. The van der Waals surface area contributed by atoms with Gasteiger partial charge in [0.25, 0.3) is 0 Å². The molecule has 1 saturated carbocycles. The van der Waals surface area contributed by atoms with Crippen LogP contribution in [-0.2, 0) is 6.54 Å². The molecule has 1 aliphatic rings. The van der Waals surface area contributed by atoms with E-state index < -0.39 is 0 Å². The first-order chi connectivity index (χ1) is 6.72. The SMILES string of the molecule is CN(c1cc(Cl)ccc1CN)C1CC1. The fourth-order valence-corrected chi connectivity index (χ4v) is 1.86. The Kier molecular flexibility index (Phi) is 2.66. The summed E-state index contributed by atoms with van der Waals surface area (Å²) < 4.78 is 0. The molecular formula is C11H15ClN2. The summed E-state index contributed by atoms with van der Waals surface area (Å²) in [6.45, 7) is 0.573. The molecule has 1 fully saturated rings. The monoisotopic (exact) mass is 210 g/mol. The third-order valence-electron chi connectivity index (χ3n) is 2.74. The lowest BCUT2D eigenvalue weighted by Gasteiger charge is -2.21. The van der Waals surface area contributed by atoms with Crippen molar-refractivity contribution in [1.29, 1.82) is 0 Å². The van der Waals surface area contributed by atoms with Gasteiger partial charge in [-0.05, 0) is 30.5 Å². The van der Waals surface area contributed by atoms with Gasteiger partial charge in [-0.2, -0.15) is 0 Å². The molecule has 0 amide bonds. The molecule has 1 aliphatic carbocycles. The maximum absolute atomic E-state index is 5.98. The molecule has 2 rings (SSSR count). The Morgan fingerprint density at radius 2 is 2.21 bits per heavy atom. The Labute approximate surface area is 89.7 Å². The number of anilines is 1. The predicted octanol–water partition coefficient (Wildman–Crippen LogP) is 2.40. The van der Waals surface area contributed by atoms with Gasteiger partial charge in [-0.3, -0.25) is 0 Å². The fraction of sp³-hybridized carbons (Fsp3) is 0.455. The molecular weight excluding hydrogens is 196 g/mol. The van der Waals surface area contributed by atoms with Gasteiger partial charge in [-0.15, -0.1) is 0 Å². The van der Waals surface area contributed by atoms with Crippen LogP contribution in [-0.4, -0.2) is 13.1 Å². The summed E-state index contributed by atoms with van der Waals surface area (Å²) in [7, 11) is 2.11. The molecule has 0 saturated heterocycles. The van der Waals surface area contributed by atoms with Gasteiger partial charge >= 0.3 is 0 Å². The molecule has 1 aromatic carbocycles. The number of nitrogens with two attached hydrogens (primary N) is 1. The van der Waals surface area contributed by atoms with Gasteiger partial charge in [-0.1, -0.05) is 17.7 Å². The Hall–Kier alpha value is -0.730. The summed E-state index contributed by atoms with van der Waals surface area (Å²) in [4.78, 5) is 2.29. The molecule has 0 unspecified atom stereocenters. The normalized spacial score (nSPS) is 15.6. The lowest BCUT2D eigenvalue weighted by molar-refractivity contribution is 0.898. The van der Waals surface area contributed by atoms with Gasteiger partial charge in [0.05, 0.1) is 0 Å². The largest absolute Gasteiger partial charge is 0.371 e. The third-order valence-corrected chi connectivity index (χ3v) is 2.98. The summed E-state index contributed by atoms with van der Waals surface area (Å²) in [5.41, 5.74) is 8.04. The first-order valence-electron chi connectivity index (χ1n) is 4.93. The second-order valence-corrected chi connectivity index (χ2v) is 4.26.